The molecule has 7 nitrogen and oxygen atoms in total. The number of benzene rings is 1. The minimum Gasteiger partial charge on any atom is -0.338 e. The van der Waals surface area contributed by atoms with E-state index in [9.17, 15) is 9.59 Å². The van der Waals surface area contributed by atoms with Crippen molar-refractivity contribution in [1.29, 1.82) is 0 Å². The van der Waals surface area contributed by atoms with E-state index in [1.165, 1.54) is 0 Å². The van der Waals surface area contributed by atoms with E-state index in [2.05, 4.69) is 24.1 Å². The normalized spacial score (nSPS) is 20.6. The fraction of sp³-hybridized carbons (Fsp3) is 0.476. The molecule has 28 heavy (non-hydrogen) atoms. The number of aryl methyl sites for hydroxylation is 1. The predicted molar refractivity (Wildman–Crippen MR) is 106 cm³/mol. The average molecular weight is 381 g/mol. The summed E-state index contributed by atoms with van der Waals surface area (Å²) in [6, 6.07) is 11.2. The molecular formula is C21H27N5O2. The molecule has 1 spiro atoms. The Bertz CT molecular complexity index is 870. The van der Waals surface area contributed by atoms with Crippen molar-refractivity contribution in [2.75, 3.05) is 46.8 Å². The summed E-state index contributed by atoms with van der Waals surface area (Å²) < 4.78 is 1.65. The van der Waals surface area contributed by atoms with E-state index in [-0.39, 0.29) is 17.2 Å². The summed E-state index contributed by atoms with van der Waals surface area (Å²) in [5, 5.41) is 4.23. The molecule has 1 unspecified atom stereocenters. The Balaban J connectivity index is 1.49. The maximum Gasteiger partial charge on any atom is 0.274 e. The number of likely N-dealkylation sites (tertiary alicyclic amines) is 2. The first-order valence-corrected chi connectivity index (χ1v) is 9.66. The van der Waals surface area contributed by atoms with Crippen LogP contribution in [0.25, 0.3) is 0 Å². The third kappa shape index (κ3) is 3.30. The van der Waals surface area contributed by atoms with Gasteiger partial charge >= 0.3 is 0 Å². The molecule has 2 aliphatic rings. The van der Waals surface area contributed by atoms with E-state index in [1.54, 1.807) is 16.9 Å². The molecule has 0 N–H and O–H groups in total. The van der Waals surface area contributed by atoms with Gasteiger partial charge in [-0.05, 0) is 38.2 Å². The van der Waals surface area contributed by atoms with Gasteiger partial charge in [-0.15, -0.1) is 0 Å². The van der Waals surface area contributed by atoms with Crippen molar-refractivity contribution in [3.8, 4) is 0 Å². The summed E-state index contributed by atoms with van der Waals surface area (Å²) in [6.45, 7) is 3.70. The van der Waals surface area contributed by atoms with E-state index in [0.717, 1.165) is 18.7 Å². The van der Waals surface area contributed by atoms with Crippen molar-refractivity contribution < 1.29 is 9.59 Å². The lowest BCUT2D eigenvalue weighted by molar-refractivity contribution is -0.0151. The minimum atomic E-state index is -0.0286. The van der Waals surface area contributed by atoms with Crippen LogP contribution in [0.1, 0.15) is 20.8 Å². The van der Waals surface area contributed by atoms with Crippen LogP contribution >= 0.6 is 0 Å². The molecule has 2 saturated heterocycles. The number of carbonyl (C=O) groups excluding carboxylic acids is 2. The second-order valence-corrected chi connectivity index (χ2v) is 8.41. The molecule has 2 aliphatic heterocycles. The number of nitrogens with zero attached hydrogens (tertiary/aromatic N) is 5. The molecule has 1 atom stereocenters. The van der Waals surface area contributed by atoms with Crippen LogP contribution in [-0.4, -0.2) is 83.1 Å². The van der Waals surface area contributed by atoms with Crippen LogP contribution in [0.2, 0.25) is 0 Å². The number of hydrogen-bond donors (Lipinski definition) is 0. The Labute approximate surface area is 165 Å². The fourth-order valence-corrected chi connectivity index (χ4v) is 4.55. The van der Waals surface area contributed by atoms with Gasteiger partial charge < -0.3 is 14.7 Å². The molecule has 0 aliphatic carbocycles. The predicted octanol–water partition coefficient (Wildman–Crippen LogP) is 1.20. The van der Waals surface area contributed by atoms with Crippen molar-refractivity contribution in [2.24, 2.45) is 18.4 Å². The van der Waals surface area contributed by atoms with Crippen LogP contribution in [0.4, 0.5) is 0 Å². The molecular weight excluding hydrogens is 354 g/mol. The van der Waals surface area contributed by atoms with Gasteiger partial charge in [-0.2, -0.15) is 5.10 Å². The molecule has 3 heterocycles. The Morgan fingerprint density at radius 1 is 1.07 bits per heavy atom. The van der Waals surface area contributed by atoms with Crippen molar-refractivity contribution in [1.82, 2.24) is 24.5 Å². The molecule has 0 bridgehead atoms. The standard InChI is InChI=1S/C21H27N5O2/c1-23(2)11-17-12-25(19(27)16-7-5-4-6-8-16)13-21(17)14-26(15-21)20(28)18-9-10-24(3)22-18/h4-10,17H,11-15H2,1-3H3. The van der Waals surface area contributed by atoms with Crippen molar-refractivity contribution >= 4 is 11.8 Å². The highest BCUT2D eigenvalue weighted by atomic mass is 16.2. The zero-order valence-corrected chi connectivity index (χ0v) is 16.7. The molecule has 1 aromatic heterocycles. The van der Waals surface area contributed by atoms with Gasteiger partial charge in [-0.1, -0.05) is 18.2 Å². The molecule has 2 aromatic rings. The fourth-order valence-electron chi connectivity index (χ4n) is 4.55. The highest BCUT2D eigenvalue weighted by molar-refractivity contribution is 5.95. The Kier molecular flexibility index (Phi) is 4.71. The number of hydrogen-bond acceptors (Lipinski definition) is 4. The molecule has 2 amide bonds. The quantitative estimate of drug-likeness (QED) is 0.798. The van der Waals surface area contributed by atoms with Crippen LogP contribution in [0, 0.1) is 11.3 Å². The number of rotatable bonds is 4. The molecule has 1 aromatic carbocycles. The lowest BCUT2D eigenvalue weighted by Crippen LogP contribution is -2.63. The maximum absolute atomic E-state index is 13.0. The SMILES string of the molecule is CN(C)CC1CN(C(=O)c2ccccc2)CC12CN(C(=O)c1ccn(C)n1)C2. The van der Waals surface area contributed by atoms with Crippen molar-refractivity contribution in [2.45, 2.75) is 0 Å². The summed E-state index contributed by atoms with van der Waals surface area (Å²) >= 11 is 0. The minimum absolute atomic E-state index is 0.0253. The topological polar surface area (TPSA) is 61.7 Å². The van der Waals surface area contributed by atoms with Crippen molar-refractivity contribution in [3.63, 3.8) is 0 Å². The number of aromatic nitrogens is 2. The van der Waals surface area contributed by atoms with Crippen molar-refractivity contribution in [3.05, 3.63) is 53.9 Å². The van der Waals surface area contributed by atoms with Gasteiger partial charge in [0.25, 0.3) is 11.8 Å². The van der Waals surface area contributed by atoms with E-state index in [4.69, 9.17) is 0 Å². The Morgan fingerprint density at radius 3 is 2.36 bits per heavy atom. The molecule has 0 radical (unpaired) electrons. The van der Waals surface area contributed by atoms with Gasteiger partial charge in [0.2, 0.25) is 0 Å². The largest absolute Gasteiger partial charge is 0.338 e. The summed E-state index contributed by atoms with van der Waals surface area (Å²) in [5.41, 5.74) is 1.18. The van der Waals surface area contributed by atoms with Gasteiger partial charge in [-0.25, -0.2) is 0 Å². The van der Waals surface area contributed by atoms with Gasteiger partial charge in [0, 0.05) is 56.9 Å². The van der Waals surface area contributed by atoms with Gasteiger partial charge in [-0.3, -0.25) is 14.3 Å². The number of carbonyl (C=O) groups is 2. The first kappa shape index (κ1) is 18.7. The highest BCUT2D eigenvalue weighted by Gasteiger charge is 2.56. The molecule has 7 heteroatoms. The lowest BCUT2D eigenvalue weighted by atomic mass is 9.71. The lowest BCUT2D eigenvalue weighted by Gasteiger charge is -2.51. The first-order chi connectivity index (χ1) is 13.4. The molecule has 0 saturated carbocycles. The third-order valence-corrected chi connectivity index (χ3v) is 5.94. The second kappa shape index (κ2) is 7.05. The molecule has 2 fully saturated rings. The van der Waals surface area contributed by atoms with E-state index in [1.807, 2.05) is 47.2 Å². The maximum atomic E-state index is 13.0. The summed E-state index contributed by atoms with van der Waals surface area (Å²) in [5.74, 6) is 0.404. The number of amides is 2. The van der Waals surface area contributed by atoms with E-state index < -0.39 is 0 Å². The smallest absolute Gasteiger partial charge is 0.274 e. The zero-order chi connectivity index (χ0) is 19.9. The van der Waals surface area contributed by atoms with Gasteiger partial charge in [0.05, 0.1) is 0 Å². The molecule has 4 rings (SSSR count). The Hall–Kier alpha value is -2.67. The summed E-state index contributed by atoms with van der Waals surface area (Å²) in [7, 11) is 5.93. The Morgan fingerprint density at radius 2 is 1.75 bits per heavy atom. The second-order valence-electron chi connectivity index (χ2n) is 8.41. The van der Waals surface area contributed by atoms with Crippen LogP contribution in [0.15, 0.2) is 42.6 Å². The monoisotopic (exact) mass is 381 g/mol. The van der Waals surface area contributed by atoms with Crippen LogP contribution < -0.4 is 0 Å². The highest BCUT2D eigenvalue weighted by Crippen LogP contribution is 2.45. The van der Waals surface area contributed by atoms with Gasteiger partial charge in [0.1, 0.15) is 5.69 Å². The van der Waals surface area contributed by atoms with E-state index >= 15 is 0 Å². The van der Waals surface area contributed by atoms with E-state index in [0.29, 0.717) is 31.2 Å². The van der Waals surface area contributed by atoms with Crippen LogP contribution in [-0.2, 0) is 7.05 Å². The molecule has 148 valence electrons. The van der Waals surface area contributed by atoms with Gasteiger partial charge in [0.15, 0.2) is 0 Å². The average Bonchev–Trinajstić information content (AvgIpc) is 3.24. The first-order valence-electron chi connectivity index (χ1n) is 9.66. The van der Waals surface area contributed by atoms with Crippen LogP contribution in [0.3, 0.4) is 0 Å². The third-order valence-electron chi connectivity index (χ3n) is 5.94. The van der Waals surface area contributed by atoms with Crippen LogP contribution in [0.5, 0.6) is 0 Å². The summed E-state index contributed by atoms with van der Waals surface area (Å²) in [4.78, 5) is 31.7. The summed E-state index contributed by atoms with van der Waals surface area (Å²) in [6.07, 6.45) is 1.79. The zero-order valence-electron chi connectivity index (χ0n) is 16.7.